The molecule has 0 saturated carbocycles. The van der Waals surface area contributed by atoms with E-state index in [1.165, 1.54) is 0 Å². The monoisotopic (exact) mass is 401 g/mol. The number of esters is 1. The third kappa shape index (κ3) is 5.23. The van der Waals surface area contributed by atoms with E-state index >= 15 is 0 Å². The standard InChI is InChI=1S/C21H24ClN3O3/c1-3-27-19(26)8-6-4-5-7-18-20(15-9-11-16(22)12-10-15)25-21(28-18)17-13-23-14(2)24-17/h9-13H,3-8H2,1-2H3,(H,23,24). The summed E-state index contributed by atoms with van der Waals surface area (Å²) in [5.41, 5.74) is 2.52. The number of unbranched alkanes of at least 4 members (excludes halogenated alkanes) is 2. The van der Waals surface area contributed by atoms with Crippen LogP contribution in [0.15, 0.2) is 34.9 Å². The molecule has 0 aliphatic rings. The maximum absolute atomic E-state index is 11.4. The normalized spacial score (nSPS) is 11.0. The molecular formula is C21H24ClN3O3. The van der Waals surface area contributed by atoms with Crippen LogP contribution in [0.25, 0.3) is 22.8 Å². The van der Waals surface area contributed by atoms with Gasteiger partial charge in [-0.05, 0) is 38.8 Å². The minimum Gasteiger partial charge on any atom is -0.466 e. The number of nitrogens with one attached hydrogen (secondary N) is 1. The SMILES string of the molecule is CCOC(=O)CCCCCc1oc(-c2cnc(C)[nH]2)nc1-c1ccc(Cl)cc1. The Kier molecular flexibility index (Phi) is 6.87. The van der Waals surface area contributed by atoms with Gasteiger partial charge in [-0.3, -0.25) is 4.79 Å². The molecule has 0 aliphatic heterocycles. The van der Waals surface area contributed by atoms with Crippen LogP contribution in [0.3, 0.4) is 0 Å². The number of rotatable bonds is 9. The molecule has 2 heterocycles. The Morgan fingerprint density at radius 2 is 2.00 bits per heavy atom. The summed E-state index contributed by atoms with van der Waals surface area (Å²) in [6.07, 6.45) is 5.52. The number of oxazole rings is 1. The average molecular weight is 402 g/mol. The fraction of sp³-hybridized carbons (Fsp3) is 0.381. The van der Waals surface area contributed by atoms with Gasteiger partial charge in [0.25, 0.3) is 0 Å². The zero-order chi connectivity index (χ0) is 19.9. The van der Waals surface area contributed by atoms with Gasteiger partial charge in [0.1, 0.15) is 23.0 Å². The van der Waals surface area contributed by atoms with E-state index in [1.807, 2.05) is 38.1 Å². The molecule has 0 atom stereocenters. The molecule has 28 heavy (non-hydrogen) atoms. The minimum atomic E-state index is -0.138. The largest absolute Gasteiger partial charge is 0.466 e. The van der Waals surface area contributed by atoms with Crippen LogP contribution in [-0.4, -0.2) is 27.5 Å². The van der Waals surface area contributed by atoms with E-state index < -0.39 is 0 Å². The van der Waals surface area contributed by atoms with Crippen LogP contribution in [0, 0.1) is 6.92 Å². The number of ether oxygens (including phenoxy) is 1. The molecule has 0 fully saturated rings. The molecule has 0 aliphatic carbocycles. The van der Waals surface area contributed by atoms with Gasteiger partial charge in [-0.15, -0.1) is 0 Å². The van der Waals surface area contributed by atoms with Gasteiger partial charge in [0.05, 0.1) is 12.8 Å². The molecule has 1 N–H and O–H groups in total. The van der Waals surface area contributed by atoms with Gasteiger partial charge in [-0.2, -0.15) is 0 Å². The predicted octanol–water partition coefficient (Wildman–Crippen LogP) is 5.36. The number of imidazole rings is 1. The van der Waals surface area contributed by atoms with Crippen LogP contribution in [0.1, 0.15) is 44.2 Å². The first-order chi connectivity index (χ1) is 13.6. The Balaban J connectivity index is 1.72. The van der Waals surface area contributed by atoms with Crippen LogP contribution >= 0.6 is 11.6 Å². The zero-order valence-electron chi connectivity index (χ0n) is 16.1. The van der Waals surface area contributed by atoms with Gasteiger partial charge in [0.2, 0.25) is 5.89 Å². The molecule has 0 unspecified atom stereocenters. The number of aryl methyl sites for hydroxylation is 2. The lowest BCUT2D eigenvalue weighted by Gasteiger charge is -2.03. The molecule has 0 amide bonds. The van der Waals surface area contributed by atoms with Crippen molar-refractivity contribution < 1.29 is 13.9 Å². The van der Waals surface area contributed by atoms with Crippen molar-refractivity contribution >= 4 is 17.6 Å². The lowest BCUT2D eigenvalue weighted by molar-refractivity contribution is -0.143. The molecular weight excluding hydrogens is 378 g/mol. The maximum atomic E-state index is 11.4. The minimum absolute atomic E-state index is 0.138. The average Bonchev–Trinajstić information content (AvgIpc) is 3.29. The smallest absolute Gasteiger partial charge is 0.305 e. The summed E-state index contributed by atoms with van der Waals surface area (Å²) in [5.74, 6) is 2.01. The molecule has 148 valence electrons. The topological polar surface area (TPSA) is 81.0 Å². The molecule has 0 radical (unpaired) electrons. The van der Waals surface area contributed by atoms with Crippen molar-refractivity contribution in [3.8, 4) is 22.8 Å². The number of carbonyl (C=O) groups is 1. The van der Waals surface area contributed by atoms with Crippen LogP contribution in [0.5, 0.6) is 0 Å². The number of H-pyrrole nitrogens is 1. The summed E-state index contributed by atoms with van der Waals surface area (Å²) in [5, 5.41) is 0.678. The van der Waals surface area contributed by atoms with Crippen molar-refractivity contribution in [3.63, 3.8) is 0 Å². The summed E-state index contributed by atoms with van der Waals surface area (Å²) in [6.45, 7) is 4.13. The van der Waals surface area contributed by atoms with Crippen LogP contribution in [0.2, 0.25) is 5.02 Å². The maximum Gasteiger partial charge on any atom is 0.305 e. The van der Waals surface area contributed by atoms with Crippen molar-refractivity contribution in [2.24, 2.45) is 0 Å². The Morgan fingerprint density at radius 3 is 2.68 bits per heavy atom. The summed E-state index contributed by atoms with van der Waals surface area (Å²) in [7, 11) is 0. The highest BCUT2D eigenvalue weighted by atomic mass is 35.5. The van der Waals surface area contributed by atoms with Gasteiger partial charge in [-0.1, -0.05) is 30.2 Å². The fourth-order valence-electron chi connectivity index (χ4n) is 2.96. The second kappa shape index (κ2) is 9.55. The van der Waals surface area contributed by atoms with Gasteiger partial charge < -0.3 is 14.1 Å². The van der Waals surface area contributed by atoms with E-state index in [4.69, 9.17) is 25.7 Å². The number of nitrogens with zero attached hydrogens (tertiary/aromatic N) is 2. The Hall–Kier alpha value is -2.60. The third-order valence-electron chi connectivity index (χ3n) is 4.34. The lowest BCUT2D eigenvalue weighted by atomic mass is 10.1. The van der Waals surface area contributed by atoms with E-state index in [-0.39, 0.29) is 5.97 Å². The van der Waals surface area contributed by atoms with Gasteiger partial charge in [-0.25, -0.2) is 9.97 Å². The van der Waals surface area contributed by atoms with Crippen molar-refractivity contribution in [1.82, 2.24) is 15.0 Å². The summed E-state index contributed by atoms with van der Waals surface area (Å²) in [4.78, 5) is 23.5. The van der Waals surface area contributed by atoms with Crippen molar-refractivity contribution in [1.29, 1.82) is 0 Å². The van der Waals surface area contributed by atoms with E-state index in [1.54, 1.807) is 6.20 Å². The van der Waals surface area contributed by atoms with E-state index in [0.29, 0.717) is 23.9 Å². The fourth-order valence-corrected chi connectivity index (χ4v) is 3.09. The highest BCUT2D eigenvalue weighted by molar-refractivity contribution is 6.30. The molecule has 2 aromatic heterocycles. The van der Waals surface area contributed by atoms with E-state index in [9.17, 15) is 4.79 Å². The van der Waals surface area contributed by atoms with Crippen LogP contribution in [-0.2, 0) is 16.0 Å². The molecule has 6 nitrogen and oxygen atoms in total. The molecule has 0 saturated heterocycles. The molecule has 3 rings (SSSR count). The highest BCUT2D eigenvalue weighted by Crippen LogP contribution is 2.30. The highest BCUT2D eigenvalue weighted by Gasteiger charge is 2.17. The van der Waals surface area contributed by atoms with Crippen LogP contribution < -0.4 is 0 Å². The Labute approximate surface area is 169 Å². The first kappa shape index (κ1) is 20.1. The zero-order valence-corrected chi connectivity index (χ0v) is 16.9. The van der Waals surface area contributed by atoms with E-state index in [2.05, 4.69) is 9.97 Å². The predicted molar refractivity (Wildman–Crippen MR) is 108 cm³/mol. The number of halogens is 1. The Morgan fingerprint density at radius 1 is 1.21 bits per heavy atom. The van der Waals surface area contributed by atoms with Crippen molar-refractivity contribution in [2.75, 3.05) is 6.61 Å². The van der Waals surface area contributed by atoms with E-state index in [0.717, 1.165) is 54.2 Å². The second-order valence-corrected chi connectivity index (χ2v) is 6.98. The van der Waals surface area contributed by atoms with Crippen LogP contribution in [0.4, 0.5) is 0 Å². The summed E-state index contributed by atoms with van der Waals surface area (Å²) >= 11 is 6.01. The van der Waals surface area contributed by atoms with Gasteiger partial charge in [0.15, 0.2) is 0 Å². The summed E-state index contributed by atoms with van der Waals surface area (Å²) in [6, 6.07) is 7.56. The molecule has 0 spiro atoms. The van der Waals surface area contributed by atoms with Gasteiger partial charge in [0, 0.05) is 23.4 Å². The Bertz CT molecular complexity index is 915. The number of hydrogen-bond donors (Lipinski definition) is 1. The number of carbonyl (C=O) groups excluding carboxylic acids is 1. The first-order valence-corrected chi connectivity index (χ1v) is 9.88. The van der Waals surface area contributed by atoms with Gasteiger partial charge >= 0.3 is 5.97 Å². The molecule has 1 aromatic carbocycles. The third-order valence-corrected chi connectivity index (χ3v) is 4.59. The lowest BCUT2D eigenvalue weighted by Crippen LogP contribution is -2.03. The summed E-state index contributed by atoms with van der Waals surface area (Å²) < 4.78 is 11.0. The molecule has 7 heteroatoms. The quantitative estimate of drug-likeness (QED) is 0.385. The second-order valence-electron chi connectivity index (χ2n) is 6.55. The number of benzene rings is 1. The number of hydrogen-bond acceptors (Lipinski definition) is 5. The number of aromatic nitrogens is 3. The molecule has 0 bridgehead atoms. The molecule has 3 aromatic rings. The van der Waals surface area contributed by atoms with Crippen molar-refractivity contribution in [2.45, 2.75) is 46.0 Å². The van der Waals surface area contributed by atoms with Crippen molar-refractivity contribution in [3.05, 3.63) is 47.1 Å². The number of aromatic amines is 1. The first-order valence-electron chi connectivity index (χ1n) is 9.50.